The first-order valence-corrected chi connectivity index (χ1v) is 7.58. The van der Waals surface area contributed by atoms with Crippen molar-refractivity contribution in [2.45, 2.75) is 45.2 Å². The highest BCUT2D eigenvalue weighted by Gasteiger charge is 2.43. The Kier molecular flexibility index (Phi) is 5.96. The molecule has 1 aromatic rings. The molecule has 2 rings (SSSR count). The van der Waals surface area contributed by atoms with Gasteiger partial charge in [0.25, 0.3) is 0 Å². The van der Waals surface area contributed by atoms with Crippen molar-refractivity contribution < 1.29 is 9.47 Å². The van der Waals surface area contributed by atoms with E-state index in [0.29, 0.717) is 12.2 Å². The summed E-state index contributed by atoms with van der Waals surface area (Å²) in [6.45, 7) is 4.68. The maximum atomic E-state index is 9.32. The van der Waals surface area contributed by atoms with E-state index in [1.807, 2.05) is 30.3 Å². The number of nitrogens with one attached hydrogen (secondary N) is 1. The summed E-state index contributed by atoms with van der Waals surface area (Å²) in [7, 11) is 0. The van der Waals surface area contributed by atoms with Crippen LogP contribution in [-0.2, 0) is 16.1 Å². The number of nitrogens with zero attached hydrogens (tertiary/aromatic N) is 1. The Morgan fingerprint density at radius 2 is 2.18 bits per heavy atom. The smallest absolute Gasteiger partial charge is 0.121 e. The molecule has 118 valence electrons. The van der Waals surface area contributed by atoms with Gasteiger partial charge in [-0.15, -0.1) is 0 Å². The topological polar surface area (TPSA) is 80.3 Å². The van der Waals surface area contributed by atoms with E-state index in [9.17, 15) is 5.26 Å². The molecule has 5 nitrogen and oxygen atoms in total. The van der Waals surface area contributed by atoms with Crippen LogP contribution >= 0.6 is 0 Å². The van der Waals surface area contributed by atoms with Crippen LogP contribution in [0.2, 0.25) is 0 Å². The molecule has 4 atom stereocenters. The molecule has 0 radical (unpaired) electrons. The summed E-state index contributed by atoms with van der Waals surface area (Å²) in [6.07, 6.45) is 1.90. The van der Waals surface area contributed by atoms with E-state index in [1.54, 1.807) is 0 Å². The van der Waals surface area contributed by atoms with Gasteiger partial charge in [0.05, 0.1) is 30.5 Å². The molecule has 1 heterocycles. The van der Waals surface area contributed by atoms with Crippen molar-refractivity contribution in [3.63, 3.8) is 0 Å². The first kappa shape index (κ1) is 16.5. The van der Waals surface area contributed by atoms with E-state index in [2.05, 4.69) is 25.3 Å². The van der Waals surface area contributed by atoms with E-state index in [4.69, 9.17) is 15.3 Å². The van der Waals surface area contributed by atoms with E-state index >= 15 is 0 Å². The maximum absolute atomic E-state index is 9.32. The number of rotatable bonds is 6. The van der Waals surface area contributed by atoms with Crippen molar-refractivity contribution in [1.82, 2.24) is 5.43 Å². The second-order valence-electron chi connectivity index (χ2n) is 5.50. The molecular weight excluding hydrogens is 278 g/mol. The number of nitriles is 1. The van der Waals surface area contributed by atoms with Gasteiger partial charge in [-0.25, -0.2) is 0 Å². The molecule has 1 aliphatic rings. The highest BCUT2D eigenvalue weighted by Crippen LogP contribution is 2.34. The largest absolute Gasteiger partial charge is 0.370 e. The Balaban J connectivity index is 2.13. The third kappa shape index (κ3) is 3.66. The highest BCUT2D eigenvalue weighted by atomic mass is 16.6. The monoisotopic (exact) mass is 301 g/mol. The molecule has 0 spiro atoms. The average molecular weight is 301 g/mol. The number of nitrogens with two attached hydrogens (primary N) is 1. The van der Waals surface area contributed by atoms with Crippen molar-refractivity contribution >= 4 is 0 Å². The van der Waals surface area contributed by atoms with Crippen molar-refractivity contribution in [3.8, 4) is 6.07 Å². The van der Waals surface area contributed by atoms with E-state index in [1.165, 1.54) is 6.20 Å². The molecule has 0 bridgehead atoms. The van der Waals surface area contributed by atoms with Gasteiger partial charge in [-0.1, -0.05) is 44.2 Å². The van der Waals surface area contributed by atoms with Gasteiger partial charge >= 0.3 is 0 Å². The summed E-state index contributed by atoms with van der Waals surface area (Å²) in [5, 5.41) is 9.32. The van der Waals surface area contributed by atoms with Crippen molar-refractivity contribution in [1.29, 1.82) is 5.26 Å². The lowest BCUT2D eigenvalue weighted by molar-refractivity contribution is -0.0142. The van der Waals surface area contributed by atoms with Crippen LogP contribution in [0.5, 0.6) is 0 Å². The van der Waals surface area contributed by atoms with Crippen LogP contribution in [0.1, 0.15) is 25.8 Å². The number of hydrogen-bond acceptors (Lipinski definition) is 5. The van der Waals surface area contributed by atoms with Gasteiger partial charge in [0.1, 0.15) is 6.10 Å². The van der Waals surface area contributed by atoms with Crippen LogP contribution in [0.25, 0.3) is 0 Å². The van der Waals surface area contributed by atoms with E-state index in [0.717, 1.165) is 12.0 Å². The van der Waals surface area contributed by atoms with Crippen LogP contribution in [0.4, 0.5) is 0 Å². The van der Waals surface area contributed by atoms with Gasteiger partial charge < -0.3 is 14.9 Å². The van der Waals surface area contributed by atoms with E-state index < -0.39 is 0 Å². The molecule has 0 aliphatic carbocycles. The van der Waals surface area contributed by atoms with Gasteiger partial charge in [0, 0.05) is 12.1 Å². The van der Waals surface area contributed by atoms with Crippen molar-refractivity contribution in [2.75, 3.05) is 0 Å². The van der Waals surface area contributed by atoms with Gasteiger partial charge in [-0.3, -0.25) is 5.84 Å². The van der Waals surface area contributed by atoms with Crippen LogP contribution in [0.15, 0.2) is 42.1 Å². The predicted octanol–water partition coefficient (Wildman–Crippen LogP) is 2.26. The number of ether oxygens (including phenoxy) is 2. The van der Waals surface area contributed by atoms with Crippen LogP contribution in [0, 0.1) is 17.2 Å². The van der Waals surface area contributed by atoms with Crippen LogP contribution in [-0.4, -0.2) is 18.3 Å². The normalized spacial score (nSPS) is 28.4. The summed E-state index contributed by atoms with van der Waals surface area (Å²) in [6, 6.07) is 12.1. The Morgan fingerprint density at radius 3 is 2.77 bits per heavy atom. The quantitative estimate of drug-likeness (QED) is 0.478. The average Bonchev–Trinajstić information content (AvgIpc) is 2.87. The summed E-state index contributed by atoms with van der Waals surface area (Å²) < 4.78 is 12.1. The van der Waals surface area contributed by atoms with Crippen molar-refractivity contribution in [3.05, 3.63) is 47.7 Å². The molecule has 22 heavy (non-hydrogen) atoms. The van der Waals surface area contributed by atoms with Gasteiger partial charge in [0.15, 0.2) is 0 Å². The minimum atomic E-state index is -0.385. The fourth-order valence-corrected chi connectivity index (χ4v) is 2.87. The van der Waals surface area contributed by atoms with Crippen LogP contribution < -0.4 is 11.3 Å². The molecule has 1 aromatic carbocycles. The fourth-order valence-electron chi connectivity index (χ4n) is 2.87. The lowest BCUT2D eigenvalue weighted by Crippen LogP contribution is -2.31. The standard InChI is InChI=1S/C17H23N3O2/c1-3-15-12(2)16(17(22-15)14(9-18)10-20-19)21-11-13-7-5-4-6-8-13/h4-8,10,12,15-17,20H,3,11,19H2,1-2H3/b14-10+/t12-,15-,16-,17?/m1/s1. The lowest BCUT2D eigenvalue weighted by atomic mass is 9.94. The predicted molar refractivity (Wildman–Crippen MR) is 84.2 cm³/mol. The first-order chi connectivity index (χ1) is 10.7. The fraction of sp³-hybridized carbons (Fsp3) is 0.471. The SMILES string of the molecule is CC[C@H]1OC(/C(C#N)=C/NN)[C@H](OCc2ccccc2)[C@@H]1C. The molecule has 0 saturated carbocycles. The zero-order valence-electron chi connectivity index (χ0n) is 13.0. The second-order valence-corrected chi connectivity index (χ2v) is 5.50. The molecule has 3 N–H and O–H groups in total. The lowest BCUT2D eigenvalue weighted by Gasteiger charge is -2.21. The molecule has 5 heteroatoms. The molecule has 1 saturated heterocycles. The van der Waals surface area contributed by atoms with Gasteiger partial charge in [-0.2, -0.15) is 5.26 Å². The Bertz CT molecular complexity index is 539. The Morgan fingerprint density at radius 1 is 1.45 bits per heavy atom. The molecule has 1 unspecified atom stereocenters. The molecular formula is C17H23N3O2. The summed E-state index contributed by atoms with van der Waals surface area (Å²) >= 11 is 0. The number of hydrogen-bond donors (Lipinski definition) is 2. The molecule has 1 fully saturated rings. The Hall–Kier alpha value is -1.87. The third-order valence-corrected chi connectivity index (χ3v) is 4.09. The first-order valence-electron chi connectivity index (χ1n) is 7.58. The van der Waals surface area contributed by atoms with E-state index in [-0.39, 0.29) is 24.2 Å². The molecule has 0 aromatic heterocycles. The second kappa shape index (κ2) is 7.95. The van der Waals surface area contributed by atoms with Crippen molar-refractivity contribution in [2.24, 2.45) is 11.8 Å². The Labute approximate surface area is 131 Å². The summed E-state index contributed by atoms with van der Waals surface area (Å²) in [5.74, 6) is 5.53. The zero-order chi connectivity index (χ0) is 15.9. The third-order valence-electron chi connectivity index (χ3n) is 4.09. The van der Waals surface area contributed by atoms with Gasteiger partial charge in [0.2, 0.25) is 0 Å². The minimum Gasteiger partial charge on any atom is -0.370 e. The summed E-state index contributed by atoms with van der Waals surface area (Å²) in [4.78, 5) is 0. The molecule has 1 aliphatic heterocycles. The minimum absolute atomic E-state index is 0.0836. The zero-order valence-corrected chi connectivity index (χ0v) is 13.0. The molecule has 0 amide bonds. The number of benzene rings is 1. The number of hydrazine groups is 1. The van der Waals surface area contributed by atoms with Crippen LogP contribution in [0.3, 0.4) is 0 Å². The van der Waals surface area contributed by atoms with Gasteiger partial charge in [-0.05, 0) is 12.0 Å². The highest BCUT2D eigenvalue weighted by molar-refractivity contribution is 5.28. The maximum Gasteiger partial charge on any atom is 0.121 e. The summed E-state index contributed by atoms with van der Waals surface area (Å²) in [5.41, 5.74) is 3.98.